The van der Waals surface area contributed by atoms with E-state index in [4.69, 9.17) is 14.5 Å². The van der Waals surface area contributed by atoms with E-state index in [1.165, 1.54) is 16.1 Å². The molecule has 5 aromatic rings. The number of nitrogens with one attached hydrogen (secondary N) is 1. The molecule has 0 radical (unpaired) electrons. The van der Waals surface area contributed by atoms with E-state index in [0.717, 1.165) is 29.7 Å². The van der Waals surface area contributed by atoms with Crippen molar-refractivity contribution in [1.82, 2.24) is 34.2 Å². The minimum absolute atomic E-state index is 0.0104. The fourth-order valence-corrected chi connectivity index (χ4v) is 6.20. The van der Waals surface area contributed by atoms with E-state index in [2.05, 4.69) is 25.3 Å². The summed E-state index contributed by atoms with van der Waals surface area (Å²) >= 11 is 0. The topological polar surface area (TPSA) is 157 Å². The van der Waals surface area contributed by atoms with Gasteiger partial charge in [0.2, 0.25) is 11.8 Å². The average molecular weight is 674 g/mol. The van der Waals surface area contributed by atoms with Crippen LogP contribution in [0.25, 0.3) is 5.65 Å². The van der Waals surface area contributed by atoms with Crippen molar-refractivity contribution in [1.29, 1.82) is 0 Å². The number of ether oxygens (including phenoxy) is 2. The van der Waals surface area contributed by atoms with Crippen molar-refractivity contribution in [3.05, 3.63) is 102 Å². The first-order chi connectivity index (χ1) is 24.4. The maximum absolute atomic E-state index is 13.6. The molecule has 2 aliphatic carbocycles. The number of carbonyl (C=O) groups excluding carboxylic acids is 3. The highest BCUT2D eigenvalue weighted by atomic mass is 16.5. The third-order valence-electron chi connectivity index (χ3n) is 9.10. The van der Waals surface area contributed by atoms with Gasteiger partial charge in [0.25, 0.3) is 5.91 Å². The van der Waals surface area contributed by atoms with Crippen LogP contribution in [0.2, 0.25) is 0 Å². The molecule has 3 aliphatic rings. The van der Waals surface area contributed by atoms with Gasteiger partial charge in [0.15, 0.2) is 5.65 Å². The molecule has 4 amide bonds. The van der Waals surface area contributed by atoms with Crippen molar-refractivity contribution >= 4 is 35.0 Å². The van der Waals surface area contributed by atoms with Crippen LogP contribution in [-0.4, -0.2) is 71.8 Å². The fourth-order valence-electron chi connectivity index (χ4n) is 6.20. The van der Waals surface area contributed by atoms with Crippen LogP contribution in [0.15, 0.2) is 73.4 Å². The number of nitrogens with zero attached hydrogens (tertiary/aromatic N) is 8. The van der Waals surface area contributed by atoms with Gasteiger partial charge in [-0.3, -0.25) is 19.4 Å². The molecule has 254 valence electrons. The average Bonchev–Trinajstić information content (AvgIpc) is 4.05. The molecule has 0 spiro atoms. The van der Waals surface area contributed by atoms with E-state index in [-0.39, 0.29) is 55.8 Å². The Bertz CT molecular complexity index is 2080. The Balaban J connectivity index is 0.926. The van der Waals surface area contributed by atoms with Crippen molar-refractivity contribution in [2.45, 2.75) is 51.2 Å². The molecule has 14 heteroatoms. The molecule has 2 saturated carbocycles. The summed E-state index contributed by atoms with van der Waals surface area (Å²) in [7, 11) is 0. The van der Waals surface area contributed by atoms with E-state index in [1.807, 2.05) is 66.2 Å². The Kier molecular flexibility index (Phi) is 8.36. The molecule has 1 aliphatic heterocycles. The van der Waals surface area contributed by atoms with Crippen molar-refractivity contribution in [3.8, 4) is 5.88 Å². The number of rotatable bonds is 13. The third kappa shape index (κ3) is 6.74. The normalized spacial score (nSPS) is 18.6. The maximum atomic E-state index is 13.6. The fraction of sp³-hybridized carbons (Fsp3) is 0.333. The number of hydrogen-bond acceptors (Lipinski definition) is 10. The van der Waals surface area contributed by atoms with Crippen LogP contribution >= 0.6 is 0 Å². The molecular weight excluding hydrogens is 638 g/mol. The second-order valence-corrected chi connectivity index (χ2v) is 12.9. The molecule has 8 rings (SSSR count). The van der Waals surface area contributed by atoms with Gasteiger partial charge in [-0.1, -0.05) is 30.3 Å². The van der Waals surface area contributed by atoms with E-state index < -0.39 is 6.03 Å². The van der Waals surface area contributed by atoms with Crippen LogP contribution in [0.1, 0.15) is 59.4 Å². The van der Waals surface area contributed by atoms with Crippen LogP contribution < -0.4 is 15.0 Å². The number of anilines is 2. The largest absolute Gasteiger partial charge is 0.471 e. The summed E-state index contributed by atoms with van der Waals surface area (Å²) in [5, 5.41) is 2.85. The molecule has 4 aromatic heterocycles. The highest BCUT2D eigenvalue weighted by Gasteiger charge is 2.46. The van der Waals surface area contributed by atoms with Crippen LogP contribution in [-0.2, 0) is 27.5 Å². The molecule has 0 bridgehead atoms. The zero-order chi connectivity index (χ0) is 34.2. The molecule has 2 atom stereocenters. The summed E-state index contributed by atoms with van der Waals surface area (Å²) in [6, 6.07) is 14.7. The van der Waals surface area contributed by atoms with Crippen molar-refractivity contribution in [2.75, 3.05) is 29.9 Å². The van der Waals surface area contributed by atoms with Crippen molar-refractivity contribution in [2.24, 2.45) is 5.92 Å². The second kappa shape index (κ2) is 13.3. The van der Waals surface area contributed by atoms with E-state index in [9.17, 15) is 14.4 Å². The lowest BCUT2D eigenvalue weighted by atomic mass is 10.1. The van der Waals surface area contributed by atoms with Gasteiger partial charge in [-0.2, -0.15) is 0 Å². The Morgan fingerprint density at radius 3 is 2.68 bits per heavy atom. The van der Waals surface area contributed by atoms with Gasteiger partial charge in [-0.15, -0.1) is 0 Å². The number of carbonyl (C=O) groups is 3. The van der Waals surface area contributed by atoms with E-state index in [1.54, 1.807) is 12.3 Å². The van der Waals surface area contributed by atoms with Gasteiger partial charge in [-0.05, 0) is 55.4 Å². The Labute approximate surface area is 287 Å². The quantitative estimate of drug-likeness (QED) is 0.140. The number of amides is 4. The summed E-state index contributed by atoms with van der Waals surface area (Å²) in [5.41, 5.74) is 4.70. The zero-order valence-corrected chi connectivity index (χ0v) is 27.4. The lowest BCUT2D eigenvalue weighted by molar-refractivity contribution is -0.125. The van der Waals surface area contributed by atoms with E-state index in [0.29, 0.717) is 47.6 Å². The van der Waals surface area contributed by atoms with Gasteiger partial charge in [0.05, 0.1) is 31.1 Å². The predicted octanol–water partition coefficient (Wildman–Crippen LogP) is 4.41. The standard InChI is InChI=1S/C36H35N9O5/c1-22-9-10-37-33(40-22)27-14-28(27)35(47)42-30-15-31(39-21-38-30)50-20-26-17-43-16-25(24-7-8-24)13-29(34(43)41-26)45-18-32(46)44(36(45)48)11-12-49-19-23-5-3-2-4-6-23/h2-6,9-10,13,15-17,21,24,27-28H,7-8,11-12,14,18-20H2,1H3,(H,38,39,42,47). The molecule has 2 unspecified atom stereocenters. The number of aryl methyl sites for hydroxylation is 1. The smallest absolute Gasteiger partial charge is 0.331 e. The summed E-state index contributed by atoms with van der Waals surface area (Å²) in [6.07, 6.45) is 9.74. The van der Waals surface area contributed by atoms with Crippen LogP contribution in [0, 0.1) is 12.8 Å². The first-order valence-corrected chi connectivity index (χ1v) is 16.7. The maximum Gasteiger partial charge on any atom is 0.331 e. The van der Waals surface area contributed by atoms with Gasteiger partial charge in [0, 0.05) is 42.2 Å². The molecule has 3 fully saturated rings. The monoisotopic (exact) mass is 673 g/mol. The summed E-state index contributed by atoms with van der Waals surface area (Å²) < 4.78 is 13.6. The Hall–Kier alpha value is -5.76. The number of aromatic nitrogens is 6. The number of hydrogen-bond donors (Lipinski definition) is 1. The Morgan fingerprint density at radius 1 is 1.00 bits per heavy atom. The third-order valence-corrected chi connectivity index (χ3v) is 9.10. The molecular formula is C36H35N9O5. The lowest BCUT2D eigenvalue weighted by Gasteiger charge is -2.18. The summed E-state index contributed by atoms with van der Waals surface area (Å²) in [4.78, 5) is 64.2. The highest BCUT2D eigenvalue weighted by molar-refractivity contribution is 6.13. The first-order valence-electron chi connectivity index (χ1n) is 16.7. The summed E-state index contributed by atoms with van der Waals surface area (Å²) in [5.74, 6) is 1.01. The molecule has 5 heterocycles. The van der Waals surface area contributed by atoms with Crippen molar-refractivity contribution < 1.29 is 23.9 Å². The van der Waals surface area contributed by atoms with Gasteiger partial charge in [-0.25, -0.2) is 29.7 Å². The van der Waals surface area contributed by atoms with Gasteiger partial charge >= 0.3 is 6.03 Å². The van der Waals surface area contributed by atoms with Gasteiger partial charge in [0.1, 0.15) is 31.1 Å². The number of pyridine rings is 1. The molecule has 14 nitrogen and oxygen atoms in total. The molecule has 1 saturated heterocycles. The number of imide groups is 1. The molecule has 1 N–H and O–H groups in total. The van der Waals surface area contributed by atoms with E-state index >= 15 is 0 Å². The zero-order valence-electron chi connectivity index (χ0n) is 27.4. The lowest BCUT2D eigenvalue weighted by Crippen LogP contribution is -2.35. The second-order valence-electron chi connectivity index (χ2n) is 12.9. The number of urea groups is 1. The minimum Gasteiger partial charge on any atom is -0.471 e. The first kappa shape index (κ1) is 31.5. The van der Waals surface area contributed by atoms with Gasteiger partial charge < -0.3 is 19.2 Å². The Morgan fingerprint density at radius 2 is 1.86 bits per heavy atom. The predicted molar refractivity (Wildman–Crippen MR) is 180 cm³/mol. The SMILES string of the molecule is Cc1ccnc(C2CC2C(=O)Nc2cc(OCc3cn4cc(C5CC5)cc(N5CC(=O)N(CCOCc6ccccc6)C5=O)c4n3)ncn2)n1. The minimum atomic E-state index is -0.395. The number of fused-ring (bicyclic) bond motifs is 1. The van der Waals surface area contributed by atoms with Crippen LogP contribution in [0.3, 0.4) is 0 Å². The molecule has 50 heavy (non-hydrogen) atoms. The number of benzene rings is 1. The highest BCUT2D eigenvalue weighted by Crippen LogP contribution is 2.46. The van der Waals surface area contributed by atoms with Crippen molar-refractivity contribution in [3.63, 3.8) is 0 Å². The van der Waals surface area contributed by atoms with Crippen LogP contribution in [0.4, 0.5) is 16.3 Å². The molecule has 1 aromatic carbocycles. The summed E-state index contributed by atoms with van der Waals surface area (Å²) in [6.45, 7) is 2.71. The number of imidazole rings is 1. The van der Waals surface area contributed by atoms with Crippen LogP contribution in [0.5, 0.6) is 5.88 Å².